The van der Waals surface area contributed by atoms with Crippen molar-refractivity contribution in [3.63, 3.8) is 0 Å². The Bertz CT molecular complexity index is 443. The zero-order valence-electron chi connectivity index (χ0n) is 10.7. The Morgan fingerprint density at radius 1 is 1.61 bits per heavy atom. The van der Waals surface area contributed by atoms with Crippen molar-refractivity contribution in [2.24, 2.45) is 7.05 Å². The van der Waals surface area contributed by atoms with Gasteiger partial charge < -0.3 is 5.32 Å². The Hall–Kier alpha value is -0.490. The van der Waals surface area contributed by atoms with Crippen LogP contribution in [0.1, 0.15) is 31.2 Å². The lowest BCUT2D eigenvalue weighted by Crippen LogP contribution is -2.27. The van der Waals surface area contributed by atoms with Gasteiger partial charge in [-0.25, -0.2) is 0 Å². The Balaban J connectivity index is 1.82. The van der Waals surface area contributed by atoms with Gasteiger partial charge in [0, 0.05) is 18.8 Å². The Morgan fingerprint density at radius 3 is 2.89 bits per heavy atom. The maximum Gasteiger partial charge on any atom is 0.230 e. The molecule has 1 N–H and O–H groups in total. The number of carbonyl (C=O) groups excluding carboxylic acids is 1. The fraction of sp³-hybridized carbons (Fsp3) is 0.667. The second-order valence-electron chi connectivity index (χ2n) is 4.52. The molecule has 0 saturated heterocycles. The Kier molecular flexibility index (Phi) is 4.72. The van der Waals surface area contributed by atoms with E-state index in [0.29, 0.717) is 11.8 Å². The molecule has 0 aliphatic heterocycles. The van der Waals surface area contributed by atoms with Crippen molar-refractivity contribution >= 4 is 33.6 Å². The monoisotopic (exact) mass is 331 g/mol. The lowest BCUT2D eigenvalue weighted by atomic mass is 10.3. The topological polar surface area (TPSA) is 46.9 Å². The summed E-state index contributed by atoms with van der Waals surface area (Å²) in [6.07, 6.45) is 3.20. The maximum absolute atomic E-state index is 11.5. The molecule has 1 saturated carbocycles. The van der Waals surface area contributed by atoms with E-state index in [1.54, 1.807) is 11.8 Å². The summed E-state index contributed by atoms with van der Waals surface area (Å²) in [6, 6.07) is 0.452. The highest BCUT2D eigenvalue weighted by molar-refractivity contribution is 9.10. The summed E-state index contributed by atoms with van der Waals surface area (Å²) in [6.45, 7) is 2.09. The molecule has 1 aliphatic rings. The molecule has 0 aromatic carbocycles. The highest BCUT2D eigenvalue weighted by Gasteiger charge is 2.23. The molecule has 6 heteroatoms. The van der Waals surface area contributed by atoms with Crippen molar-refractivity contribution in [2.75, 3.05) is 5.75 Å². The second-order valence-corrected chi connectivity index (χ2v) is 6.30. The van der Waals surface area contributed by atoms with Crippen LogP contribution in [-0.4, -0.2) is 27.5 Å². The van der Waals surface area contributed by atoms with E-state index in [4.69, 9.17) is 0 Å². The summed E-state index contributed by atoms with van der Waals surface area (Å²) in [4.78, 5) is 11.5. The van der Waals surface area contributed by atoms with Gasteiger partial charge in [-0.2, -0.15) is 5.10 Å². The first-order valence-electron chi connectivity index (χ1n) is 6.19. The van der Waals surface area contributed by atoms with Gasteiger partial charge in [-0.05, 0) is 35.2 Å². The van der Waals surface area contributed by atoms with Crippen LogP contribution in [0.25, 0.3) is 0 Å². The Morgan fingerprint density at radius 2 is 2.33 bits per heavy atom. The average Bonchev–Trinajstić information content (AvgIpc) is 3.09. The van der Waals surface area contributed by atoms with Crippen molar-refractivity contribution in [1.82, 2.24) is 15.1 Å². The van der Waals surface area contributed by atoms with Gasteiger partial charge in [-0.3, -0.25) is 9.48 Å². The zero-order valence-corrected chi connectivity index (χ0v) is 13.1. The first-order chi connectivity index (χ1) is 8.61. The third kappa shape index (κ3) is 3.51. The number of hydrogen-bond acceptors (Lipinski definition) is 3. The summed E-state index contributed by atoms with van der Waals surface area (Å²) in [5.41, 5.74) is 2.23. The molecule has 0 spiro atoms. The van der Waals surface area contributed by atoms with Crippen molar-refractivity contribution in [3.05, 3.63) is 15.9 Å². The second kappa shape index (κ2) is 6.10. The fourth-order valence-corrected chi connectivity index (χ4v) is 3.55. The van der Waals surface area contributed by atoms with Gasteiger partial charge in [0.1, 0.15) is 0 Å². The van der Waals surface area contributed by atoms with Crippen molar-refractivity contribution in [2.45, 2.75) is 38.0 Å². The first kappa shape index (κ1) is 13.9. The van der Waals surface area contributed by atoms with E-state index >= 15 is 0 Å². The summed E-state index contributed by atoms with van der Waals surface area (Å²) >= 11 is 5.22. The summed E-state index contributed by atoms with van der Waals surface area (Å²) in [5.74, 6) is 1.48. The van der Waals surface area contributed by atoms with Gasteiger partial charge in [0.15, 0.2) is 0 Å². The molecule has 18 heavy (non-hydrogen) atoms. The van der Waals surface area contributed by atoms with E-state index in [2.05, 4.69) is 33.3 Å². The lowest BCUT2D eigenvalue weighted by molar-refractivity contribution is -0.118. The molecule has 1 fully saturated rings. The molecule has 1 aromatic heterocycles. The molecule has 100 valence electrons. The number of halogens is 1. The van der Waals surface area contributed by atoms with Crippen LogP contribution >= 0.6 is 27.7 Å². The van der Waals surface area contributed by atoms with Crippen molar-refractivity contribution < 1.29 is 4.79 Å². The molecule has 4 nitrogen and oxygen atoms in total. The van der Waals surface area contributed by atoms with E-state index in [1.807, 2.05) is 11.7 Å². The number of carbonyl (C=O) groups is 1. The SMILES string of the molecule is CCc1nn(C)c(CSCC(=O)NC2CC2)c1Br. The molecule has 1 amide bonds. The number of nitrogens with one attached hydrogen (secondary N) is 1. The Labute approximate surface area is 120 Å². The number of nitrogens with zero attached hydrogens (tertiary/aromatic N) is 2. The summed E-state index contributed by atoms with van der Waals surface area (Å²) in [7, 11) is 1.95. The molecule has 0 radical (unpaired) electrons. The molecule has 1 aromatic rings. The molecule has 2 rings (SSSR count). The lowest BCUT2D eigenvalue weighted by Gasteiger charge is -2.04. The zero-order chi connectivity index (χ0) is 13.1. The number of rotatable bonds is 6. The van der Waals surface area contributed by atoms with Crippen LogP contribution in [0.2, 0.25) is 0 Å². The third-order valence-electron chi connectivity index (χ3n) is 2.92. The highest BCUT2D eigenvalue weighted by Crippen LogP contribution is 2.25. The molecule has 0 unspecified atom stereocenters. The minimum Gasteiger partial charge on any atom is -0.353 e. The van der Waals surface area contributed by atoms with Crippen LogP contribution in [-0.2, 0) is 24.0 Å². The van der Waals surface area contributed by atoms with Crippen LogP contribution in [0.3, 0.4) is 0 Å². The predicted octanol–water partition coefficient (Wildman–Crippen LogP) is 2.26. The van der Waals surface area contributed by atoms with Gasteiger partial charge in [0.25, 0.3) is 0 Å². The van der Waals surface area contributed by atoms with Crippen LogP contribution in [0.4, 0.5) is 0 Å². The maximum atomic E-state index is 11.5. The molecule has 1 aliphatic carbocycles. The van der Waals surface area contributed by atoms with Gasteiger partial charge in [-0.1, -0.05) is 6.92 Å². The van der Waals surface area contributed by atoms with Gasteiger partial charge in [0.2, 0.25) is 5.91 Å². The quantitative estimate of drug-likeness (QED) is 0.869. The van der Waals surface area contributed by atoms with E-state index in [-0.39, 0.29) is 5.91 Å². The number of hydrogen-bond donors (Lipinski definition) is 1. The fourth-order valence-electron chi connectivity index (χ4n) is 1.71. The molecular weight excluding hydrogens is 314 g/mol. The third-order valence-corrected chi connectivity index (χ3v) is 4.78. The van der Waals surface area contributed by atoms with E-state index in [1.165, 1.54) is 0 Å². The number of amides is 1. The average molecular weight is 332 g/mol. The normalized spacial score (nSPS) is 14.8. The molecular formula is C12H18BrN3OS. The van der Waals surface area contributed by atoms with Crippen LogP contribution in [0.5, 0.6) is 0 Å². The number of thioether (sulfide) groups is 1. The minimum absolute atomic E-state index is 0.150. The van der Waals surface area contributed by atoms with Gasteiger partial charge in [-0.15, -0.1) is 11.8 Å². The van der Waals surface area contributed by atoms with Gasteiger partial charge >= 0.3 is 0 Å². The summed E-state index contributed by atoms with van der Waals surface area (Å²) in [5, 5.41) is 7.43. The smallest absolute Gasteiger partial charge is 0.230 e. The number of aryl methyl sites for hydroxylation is 2. The van der Waals surface area contributed by atoms with Crippen molar-refractivity contribution in [3.8, 4) is 0 Å². The van der Waals surface area contributed by atoms with E-state index in [0.717, 1.165) is 40.9 Å². The van der Waals surface area contributed by atoms with Crippen LogP contribution < -0.4 is 5.32 Å². The predicted molar refractivity (Wildman–Crippen MR) is 77.6 cm³/mol. The number of aromatic nitrogens is 2. The highest BCUT2D eigenvalue weighted by atomic mass is 79.9. The van der Waals surface area contributed by atoms with E-state index in [9.17, 15) is 4.79 Å². The minimum atomic E-state index is 0.150. The molecule has 0 bridgehead atoms. The first-order valence-corrected chi connectivity index (χ1v) is 8.14. The van der Waals surface area contributed by atoms with Gasteiger partial charge in [0.05, 0.1) is 21.6 Å². The van der Waals surface area contributed by atoms with E-state index < -0.39 is 0 Å². The summed E-state index contributed by atoms with van der Waals surface area (Å²) < 4.78 is 2.98. The molecule has 0 atom stereocenters. The molecule has 1 heterocycles. The standard InChI is InChI=1S/C12H18BrN3OS/c1-3-9-12(13)10(16(2)15-9)6-18-7-11(17)14-8-4-5-8/h8H,3-7H2,1-2H3,(H,14,17). The largest absolute Gasteiger partial charge is 0.353 e. The van der Waals surface area contributed by atoms with Crippen LogP contribution in [0, 0.1) is 0 Å². The van der Waals surface area contributed by atoms with Crippen LogP contribution in [0.15, 0.2) is 4.47 Å². The van der Waals surface area contributed by atoms with Crippen molar-refractivity contribution in [1.29, 1.82) is 0 Å².